The van der Waals surface area contributed by atoms with Crippen LogP contribution in [0.2, 0.25) is 0 Å². The number of carbonyl (C=O) groups excluding carboxylic acids is 1. The summed E-state index contributed by atoms with van der Waals surface area (Å²) in [4.78, 5) is 23.3. The van der Waals surface area contributed by atoms with Crippen molar-refractivity contribution in [3.05, 3.63) is 12.2 Å². The average molecular weight is 579 g/mol. The van der Waals surface area contributed by atoms with Gasteiger partial charge in [-0.25, -0.2) is 0 Å². The van der Waals surface area contributed by atoms with Crippen LogP contribution in [0.15, 0.2) is 12.2 Å². The molecular formula is C37H70O4. The second kappa shape index (κ2) is 33.2. The van der Waals surface area contributed by atoms with Crippen molar-refractivity contribution in [2.45, 2.75) is 213 Å². The van der Waals surface area contributed by atoms with E-state index in [4.69, 9.17) is 9.84 Å². The number of unbranched alkanes of at least 4 members (excludes halogenated alkanes) is 22. The lowest BCUT2D eigenvalue weighted by atomic mass is 10.0. The standard InChI is InChI=1S/C37H70O4/c1-3-5-7-9-11-13-15-16-17-18-20-22-24-30-34-37(40)41-35(32-28-25-26-29-33-36(38)39)31-27-23-21-19-14-12-10-8-6-4-2/h13,15,35H,3-12,14,16-34H2,1-2H3,(H,38,39)/b15-13-. The summed E-state index contributed by atoms with van der Waals surface area (Å²) in [5.74, 6) is -0.726. The van der Waals surface area contributed by atoms with Crippen LogP contribution in [0.5, 0.6) is 0 Å². The number of allylic oxidation sites excluding steroid dienone is 2. The van der Waals surface area contributed by atoms with E-state index < -0.39 is 5.97 Å². The van der Waals surface area contributed by atoms with Crippen molar-refractivity contribution in [1.82, 2.24) is 0 Å². The van der Waals surface area contributed by atoms with Gasteiger partial charge in [-0.2, -0.15) is 0 Å². The van der Waals surface area contributed by atoms with E-state index in [2.05, 4.69) is 26.0 Å². The molecule has 0 radical (unpaired) electrons. The van der Waals surface area contributed by atoms with Crippen molar-refractivity contribution in [1.29, 1.82) is 0 Å². The number of rotatable bonds is 33. The van der Waals surface area contributed by atoms with Gasteiger partial charge < -0.3 is 9.84 Å². The van der Waals surface area contributed by atoms with E-state index >= 15 is 0 Å². The largest absolute Gasteiger partial charge is 0.481 e. The maximum absolute atomic E-state index is 12.6. The maximum Gasteiger partial charge on any atom is 0.306 e. The smallest absolute Gasteiger partial charge is 0.306 e. The van der Waals surface area contributed by atoms with E-state index in [1.165, 1.54) is 122 Å². The minimum Gasteiger partial charge on any atom is -0.481 e. The fourth-order valence-corrected chi connectivity index (χ4v) is 5.53. The third-order valence-corrected chi connectivity index (χ3v) is 8.24. The number of hydrogen-bond acceptors (Lipinski definition) is 3. The first kappa shape index (κ1) is 39.7. The van der Waals surface area contributed by atoms with Crippen LogP contribution >= 0.6 is 0 Å². The molecule has 0 fully saturated rings. The Morgan fingerprint density at radius 2 is 0.878 bits per heavy atom. The zero-order valence-corrected chi connectivity index (χ0v) is 27.6. The van der Waals surface area contributed by atoms with Crippen LogP contribution in [0.4, 0.5) is 0 Å². The van der Waals surface area contributed by atoms with Crippen LogP contribution in [0.25, 0.3) is 0 Å². The summed E-state index contributed by atoms with van der Waals surface area (Å²) in [6, 6.07) is 0. The van der Waals surface area contributed by atoms with Crippen LogP contribution in [0, 0.1) is 0 Å². The summed E-state index contributed by atoms with van der Waals surface area (Å²) in [6.07, 6.45) is 39.3. The van der Waals surface area contributed by atoms with E-state index in [9.17, 15) is 9.59 Å². The first-order valence-electron chi connectivity index (χ1n) is 18.2. The summed E-state index contributed by atoms with van der Waals surface area (Å²) in [5.41, 5.74) is 0. The molecule has 0 amide bonds. The fourth-order valence-electron chi connectivity index (χ4n) is 5.53. The predicted molar refractivity (Wildman–Crippen MR) is 177 cm³/mol. The number of carbonyl (C=O) groups is 2. The van der Waals surface area contributed by atoms with Gasteiger partial charge in [-0.1, -0.05) is 142 Å². The highest BCUT2D eigenvalue weighted by molar-refractivity contribution is 5.69. The number of ether oxygens (including phenoxy) is 1. The van der Waals surface area contributed by atoms with Gasteiger partial charge >= 0.3 is 11.9 Å². The molecular weight excluding hydrogens is 508 g/mol. The van der Waals surface area contributed by atoms with Gasteiger partial charge in [0.1, 0.15) is 6.10 Å². The molecule has 0 aromatic carbocycles. The molecule has 0 heterocycles. The summed E-state index contributed by atoms with van der Waals surface area (Å²) in [5, 5.41) is 8.82. The Hall–Kier alpha value is -1.32. The van der Waals surface area contributed by atoms with Crippen LogP contribution in [-0.2, 0) is 14.3 Å². The fraction of sp³-hybridized carbons (Fsp3) is 0.892. The Morgan fingerprint density at radius 3 is 1.34 bits per heavy atom. The molecule has 0 aromatic heterocycles. The Labute approximate surface area is 255 Å². The van der Waals surface area contributed by atoms with Gasteiger partial charge in [0.05, 0.1) is 0 Å². The molecule has 1 atom stereocenters. The second-order valence-corrected chi connectivity index (χ2v) is 12.4. The minimum absolute atomic E-state index is 0.0166. The SMILES string of the molecule is CCCCCC/C=C\CCCCCCCCC(=O)OC(CCCCCCCCCCCC)CCCCCCC(=O)O. The lowest BCUT2D eigenvalue weighted by Gasteiger charge is -2.18. The van der Waals surface area contributed by atoms with Crippen LogP contribution in [0.1, 0.15) is 206 Å². The molecule has 0 saturated carbocycles. The average Bonchev–Trinajstić information content (AvgIpc) is 2.95. The molecule has 4 heteroatoms. The van der Waals surface area contributed by atoms with Gasteiger partial charge in [0, 0.05) is 12.8 Å². The minimum atomic E-state index is -0.710. The first-order chi connectivity index (χ1) is 20.1. The van der Waals surface area contributed by atoms with E-state index in [0.717, 1.165) is 57.8 Å². The Kier molecular flexibility index (Phi) is 32.1. The Bertz CT molecular complexity index is 585. The van der Waals surface area contributed by atoms with Gasteiger partial charge in [-0.3, -0.25) is 9.59 Å². The van der Waals surface area contributed by atoms with Gasteiger partial charge in [0.25, 0.3) is 0 Å². The zero-order valence-electron chi connectivity index (χ0n) is 27.6. The summed E-state index contributed by atoms with van der Waals surface area (Å²) in [7, 11) is 0. The zero-order chi connectivity index (χ0) is 30.1. The molecule has 0 rings (SSSR count). The molecule has 242 valence electrons. The van der Waals surface area contributed by atoms with Crippen molar-refractivity contribution >= 4 is 11.9 Å². The van der Waals surface area contributed by atoms with E-state index in [1.54, 1.807) is 0 Å². The summed E-state index contributed by atoms with van der Waals surface area (Å²) >= 11 is 0. The summed E-state index contributed by atoms with van der Waals surface area (Å²) in [6.45, 7) is 4.53. The molecule has 4 nitrogen and oxygen atoms in total. The first-order valence-corrected chi connectivity index (χ1v) is 18.2. The Balaban J connectivity index is 3.99. The highest BCUT2D eigenvalue weighted by atomic mass is 16.5. The van der Waals surface area contributed by atoms with Gasteiger partial charge in [0.2, 0.25) is 0 Å². The number of hydrogen-bond donors (Lipinski definition) is 1. The third-order valence-electron chi connectivity index (χ3n) is 8.24. The lowest BCUT2D eigenvalue weighted by Crippen LogP contribution is -2.18. The molecule has 0 aliphatic carbocycles. The number of carboxylic acid groups (broad SMARTS) is 1. The molecule has 0 aliphatic heterocycles. The van der Waals surface area contributed by atoms with E-state index in [0.29, 0.717) is 6.42 Å². The molecule has 1 N–H and O–H groups in total. The van der Waals surface area contributed by atoms with Crippen LogP contribution < -0.4 is 0 Å². The lowest BCUT2D eigenvalue weighted by molar-refractivity contribution is -0.150. The summed E-state index contributed by atoms with van der Waals surface area (Å²) < 4.78 is 5.95. The van der Waals surface area contributed by atoms with Crippen molar-refractivity contribution in [3.63, 3.8) is 0 Å². The Morgan fingerprint density at radius 1 is 0.512 bits per heavy atom. The van der Waals surface area contributed by atoms with Gasteiger partial charge in [-0.15, -0.1) is 0 Å². The highest BCUT2D eigenvalue weighted by Crippen LogP contribution is 2.19. The quantitative estimate of drug-likeness (QED) is 0.0478. The highest BCUT2D eigenvalue weighted by Gasteiger charge is 2.14. The van der Waals surface area contributed by atoms with Crippen molar-refractivity contribution in [2.24, 2.45) is 0 Å². The molecule has 0 saturated heterocycles. The normalized spacial score (nSPS) is 12.2. The molecule has 1 unspecified atom stereocenters. The monoisotopic (exact) mass is 579 g/mol. The van der Waals surface area contributed by atoms with E-state index in [1.807, 2.05) is 0 Å². The molecule has 0 spiro atoms. The second-order valence-electron chi connectivity index (χ2n) is 12.4. The topological polar surface area (TPSA) is 63.6 Å². The van der Waals surface area contributed by atoms with Gasteiger partial charge in [0.15, 0.2) is 0 Å². The van der Waals surface area contributed by atoms with Crippen molar-refractivity contribution < 1.29 is 19.4 Å². The van der Waals surface area contributed by atoms with E-state index in [-0.39, 0.29) is 18.5 Å². The number of carboxylic acids is 1. The molecule has 0 aromatic rings. The molecule has 0 aliphatic rings. The number of aliphatic carboxylic acids is 1. The van der Waals surface area contributed by atoms with Crippen LogP contribution in [0.3, 0.4) is 0 Å². The van der Waals surface area contributed by atoms with Gasteiger partial charge in [-0.05, 0) is 64.2 Å². The number of esters is 1. The third kappa shape index (κ3) is 33.1. The predicted octanol–water partition coefficient (Wildman–Crippen LogP) is 12.3. The molecule has 0 bridgehead atoms. The van der Waals surface area contributed by atoms with Crippen molar-refractivity contribution in [3.8, 4) is 0 Å². The molecule has 41 heavy (non-hydrogen) atoms. The maximum atomic E-state index is 12.6. The van der Waals surface area contributed by atoms with Crippen LogP contribution in [-0.4, -0.2) is 23.1 Å². The van der Waals surface area contributed by atoms with Crippen molar-refractivity contribution in [2.75, 3.05) is 0 Å².